The van der Waals surface area contributed by atoms with E-state index in [2.05, 4.69) is 10.6 Å². The summed E-state index contributed by atoms with van der Waals surface area (Å²) in [6.07, 6.45) is 0.0287. The number of nitrogens with one attached hydrogen (secondary N) is 2. The summed E-state index contributed by atoms with van der Waals surface area (Å²) >= 11 is 1.66. The monoisotopic (exact) mass is 248 g/mol. The molecule has 1 amide bonds. The van der Waals surface area contributed by atoms with Gasteiger partial charge < -0.3 is 20.8 Å². The van der Waals surface area contributed by atoms with Gasteiger partial charge in [-0.25, -0.2) is 4.79 Å². The van der Waals surface area contributed by atoms with Gasteiger partial charge in [-0.15, -0.1) is 0 Å². The number of carbonyl (C=O) groups excluding carboxylic acids is 1. The Hall–Kier alpha value is -0.790. The highest BCUT2D eigenvalue weighted by atomic mass is 32.2. The van der Waals surface area contributed by atoms with Crippen molar-refractivity contribution in [2.75, 3.05) is 24.7 Å². The van der Waals surface area contributed by atoms with Gasteiger partial charge in [0.15, 0.2) is 0 Å². The number of carbonyl (C=O) groups is 2. The SMILES string of the molecule is O=C(N[C@@H](CCO)C(=O)O)C1CSCCN1. The average molecular weight is 248 g/mol. The van der Waals surface area contributed by atoms with Gasteiger partial charge in [-0.2, -0.15) is 11.8 Å². The van der Waals surface area contributed by atoms with Gasteiger partial charge in [-0.3, -0.25) is 4.79 Å². The molecule has 2 atom stereocenters. The van der Waals surface area contributed by atoms with Crippen molar-refractivity contribution in [2.45, 2.75) is 18.5 Å². The number of hydrogen-bond donors (Lipinski definition) is 4. The molecule has 0 bridgehead atoms. The van der Waals surface area contributed by atoms with E-state index in [1.807, 2.05) is 0 Å². The summed E-state index contributed by atoms with van der Waals surface area (Å²) in [5.41, 5.74) is 0. The van der Waals surface area contributed by atoms with Gasteiger partial charge in [0.1, 0.15) is 6.04 Å². The fourth-order valence-corrected chi connectivity index (χ4v) is 2.33. The zero-order chi connectivity index (χ0) is 12.0. The fraction of sp³-hybridized carbons (Fsp3) is 0.778. The Morgan fingerprint density at radius 2 is 2.31 bits per heavy atom. The molecule has 1 unspecified atom stereocenters. The molecule has 0 saturated carbocycles. The van der Waals surface area contributed by atoms with Crippen LogP contribution in [0.5, 0.6) is 0 Å². The van der Waals surface area contributed by atoms with Gasteiger partial charge in [0, 0.05) is 31.1 Å². The minimum atomic E-state index is -1.12. The molecule has 0 aromatic carbocycles. The number of amides is 1. The van der Waals surface area contributed by atoms with Gasteiger partial charge in [0.25, 0.3) is 0 Å². The molecule has 1 fully saturated rings. The minimum absolute atomic E-state index is 0.0287. The molecule has 92 valence electrons. The van der Waals surface area contributed by atoms with Gasteiger partial charge in [-0.05, 0) is 0 Å². The predicted molar refractivity (Wildman–Crippen MR) is 60.4 cm³/mol. The first-order valence-electron chi connectivity index (χ1n) is 5.10. The number of aliphatic hydroxyl groups excluding tert-OH is 1. The van der Waals surface area contributed by atoms with Crippen LogP contribution in [0.15, 0.2) is 0 Å². The van der Waals surface area contributed by atoms with Crippen molar-refractivity contribution < 1.29 is 19.8 Å². The van der Waals surface area contributed by atoms with Crippen molar-refractivity contribution in [1.29, 1.82) is 0 Å². The molecule has 0 spiro atoms. The van der Waals surface area contributed by atoms with Crippen molar-refractivity contribution >= 4 is 23.6 Å². The molecule has 0 aromatic heterocycles. The Balaban J connectivity index is 2.43. The van der Waals surface area contributed by atoms with E-state index in [1.165, 1.54) is 0 Å². The molecular weight excluding hydrogens is 232 g/mol. The maximum atomic E-state index is 11.7. The smallest absolute Gasteiger partial charge is 0.326 e. The van der Waals surface area contributed by atoms with Crippen LogP contribution in [-0.2, 0) is 9.59 Å². The number of thioether (sulfide) groups is 1. The third-order valence-corrected chi connectivity index (χ3v) is 3.33. The van der Waals surface area contributed by atoms with E-state index in [0.717, 1.165) is 12.3 Å². The van der Waals surface area contributed by atoms with Crippen molar-refractivity contribution in [3.05, 3.63) is 0 Å². The number of aliphatic carboxylic acids is 1. The summed E-state index contributed by atoms with van der Waals surface area (Å²) < 4.78 is 0. The topological polar surface area (TPSA) is 98.7 Å². The average Bonchev–Trinajstić information content (AvgIpc) is 2.29. The standard InChI is InChI=1S/C9H16N2O4S/c12-3-1-6(9(14)15)11-8(13)7-5-16-4-2-10-7/h6-7,10,12H,1-5H2,(H,11,13)(H,14,15)/t6-,7?/m0/s1. The van der Waals surface area contributed by atoms with Crippen LogP contribution in [0, 0.1) is 0 Å². The molecule has 0 aromatic rings. The van der Waals surface area contributed by atoms with Gasteiger partial charge in [0.05, 0.1) is 6.04 Å². The lowest BCUT2D eigenvalue weighted by Gasteiger charge is -2.24. The van der Waals surface area contributed by atoms with Crippen molar-refractivity contribution in [3.8, 4) is 0 Å². The molecule has 7 heteroatoms. The maximum absolute atomic E-state index is 11.7. The quantitative estimate of drug-likeness (QED) is 0.480. The molecule has 1 saturated heterocycles. The summed E-state index contributed by atoms with van der Waals surface area (Å²) in [6, 6.07) is -1.34. The van der Waals surface area contributed by atoms with Crippen LogP contribution >= 0.6 is 11.8 Å². The fourth-order valence-electron chi connectivity index (χ4n) is 1.39. The summed E-state index contributed by atoms with van der Waals surface area (Å²) in [5, 5.41) is 22.9. The molecule has 4 N–H and O–H groups in total. The Morgan fingerprint density at radius 1 is 1.56 bits per heavy atom. The Labute approximate surface area is 97.8 Å². The second-order valence-corrected chi connectivity index (χ2v) is 4.64. The Bertz CT molecular complexity index is 256. The first-order chi connectivity index (χ1) is 7.65. The predicted octanol–water partition coefficient (Wildman–Crippen LogP) is -1.36. The third kappa shape index (κ3) is 3.99. The number of aliphatic hydroxyl groups is 1. The lowest BCUT2D eigenvalue weighted by atomic mass is 10.2. The molecule has 1 aliphatic heterocycles. The van der Waals surface area contributed by atoms with Crippen LogP contribution in [0.4, 0.5) is 0 Å². The van der Waals surface area contributed by atoms with Crippen molar-refractivity contribution in [3.63, 3.8) is 0 Å². The summed E-state index contributed by atoms with van der Waals surface area (Å²) in [5.74, 6) is 0.180. The van der Waals surface area contributed by atoms with E-state index < -0.39 is 12.0 Å². The summed E-state index contributed by atoms with van der Waals surface area (Å²) in [7, 11) is 0. The van der Waals surface area contributed by atoms with E-state index in [0.29, 0.717) is 5.75 Å². The van der Waals surface area contributed by atoms with Crippen molar-refractivity contribution in [2.24, 2.45) is 0 Å². The molecule has 1 heterocycles. The van der Waals surface area contributed by atoms with Crippen molar-refractivity contribution in [1.82, 2.24) is 10.6 Å². The molecule has 0 radical (unpaired) electrons. The second kappa shape index (κ2) is 6.72. The first-order valence-corrected chi connectivity index (χ1v) is 6.25. The third-order valence-electron chi connectivity index (χ3n) is 2.27. The van der Waals surface area contributed by atoms with Crippen LogP contribution in [0.1, 0.15) is 6.42 Å². The maximum Gasteiger partial charge on any atom is 0.326 e. The molecule has 1 aliphatic rings. The van der Waals surface area contributed by atoms with Crippen LogP contribution in [0.2, 0.25) is 0 Å². The molecule has 1 rings (SSSR count). The number of hydrogen-bond acceptors (Lipinski definition) is 5. The molecule has 0 aliphatic carbocycles. The lowest BCUT2D eigenvalue weighted by molar-refractivity contribution is -0.142. The zero-order valence-corrected chi connectivity index (χ0v) is 9.63. The molecular formula is C9H16N2O4S. The second-order valence-electron chi connectivity index (χ2n) is 3.49. The lowest BCUT2D eigenvalue weighted by Crippen LogP contribution is -2.53. The first kappa shape index (κ1) is 13.3. The van der Waals surface area contributed by atoms with Crippen LogP contribution in [0.3, 0.4) is 0 Å². The van der Waals surface area contributed by atoms with Crippen LogP contribution in [-0.4, -0.2) is 58.8 Å². The Kier molecular flexibility index (Phi) is 5.58. The van der Waals surface area contributed by atoms with Gasteiger partial charge in [-0.1, -0.05) is 0 Å². The highest BCUT2D eigenvalue weighted by molar-refractivity contribution is 7.99. The Morgan fingerprint density at radius 3 is 2.81 bits per heavy atom. The highest BCUT2D eigenvalue weighted by Gasteiger charge is 2.25. The zero-order valence-electron chi connectivity index (χ0n) is 8.81. The molecule has 16 heavy (non-hydrogen) atoms. The summed E-state index contributed by atoms with van der Waals surface area (Å²) in [6.45, 7) is 0.491. The summed E-state index contributed by atoms with van der Waals surface area (Å²) in [4.78, 5) is 22.4. The van der Waals surface area contributed by atoms with E-state index in [1.54, 1.807) is 11.8 Å². The van der Waals surface area contributed by atoms with E-state index in [4.69, 9.17) is 10.2 Å². The number of rotatable bonds is 5. The van der Waals surface area contributed by atoms with E-state index >= 15 is 0 Å². The van der Waals surface area contributed by atoms with E-state index in [-0.39, 0.29) is 25.0 Å². The van der Waals surface area contributed by atoms with E-state index in [9.17, 15) is 9.59 Å². The number of carboxylic acids is 1. The minimum Gasteiger partial charge on any atom is -0.480 e. The van der Waals surface area contributed by atoms with Gasteiger partial charge >= 0.3 is 5.97 Å². The van der Waals surface area contributed by atoms with Crippen LogP contribution in [0.25, 0.3) is 0 Å². The number of carboxylic acid groups (broad SMARTS) is 1. The normalized spacial score (nSPS) is 22.4. The van der Waals surface area contributed by atoms with Crippen LogP contribution < -0.4 is 10.6 Å². The highest BCUT2D eigenvalue weighted by Crippen LogP contribution is 2.08. The van der Waals surface area contributed by atoms with Gasteiger partial charge in [0.2, 0.25) is 5.91 Å². The molecule has 6 nitrogen and oxygen atoms in total. The largest absolute Gasteiger partial charge is 0.480 e.